The number of nitrogens with zero attached hydrogens (tertiary/aromatic N) is 2. The molecule has 2 aromatic carbocycles. The number of amides is 2. The molecule has 1 fully saturated rings. The van der Waals surface area contributed by atoms with Gasteiger partial charge in [0, 0.05) is 25.1 Å². The van der Waals surface area contributed by atoms with Crippen LogP contribution >= 0.6 is 0 Å². The third-order valence-corrected chi connectivity index (χ3v) is 7.63. The fourth-order valence-electron chi connectivity index (χ4n) is 4.38. The average molecular weight is 456 g/mol. The molecule has 1 N–H and O–H groups in total. The molecule has 0 radical (unpaired) electrons. The van der Waals surface area contributed by atoms with Gasteiger partial charge in [-0.3, -0.25) is 14.3 Å². The maximum absolute atomic E-state index is 13.2. The second kappa shape index (κ2) is 8.58. The largest absolute Gasteiger partial charge is 0.308 e. The van der Waals surface area contributed by atoms with Gasteiger partial charge in [-0.05, 0) is 62.1 Å². The molecule has 0 saturated heterocycles. The molecule has 1 aliphatic carbocycles. The highest BCUT2D eigenvalue weighted by Gasteiger charge is 2.37. The molecule has 32 heavy (non-hydrogen) atoms. The molecule has 170 valence electrons. The number of anilines is 3. The Morgan fingerprint density at radius 1 is 1.06 bits per heavy atom. The van der Waals surface area contributed by atoms with Gasteiger partial charge in [0.15, 0.2) is 0 Å². The van der Waals surface area contributed by atoms with Crippen LogP contribution in [-0.2, 0) is 19.6 Å². The molecule has 0 aromatic heterocycles. The number of fused-ring (bicyclic) bond motifs is 1. The van der Waals surface area contributed by atoms with Crippen LogP contribution in [0, 0.1) is 5.92 Å². The van der Waals surface area contributed by atoms with Gasteiger partial charge in [0.05, 0.1) is 23.2 Å². The number of benzene rings is 2. The average Bonchev–Trinajstić information content (AvgIpc) is 2.71. The van der Waals surface area contributed by atoms with Crippen LogP contribution in [0.15, 0.2) is 42.5 Å². The summed E-state index contributed by atoms with van der Waals surface area (Å²) in [4.78, 5) is 29.1. The summed E-state index contributed by atoms with van der Waals surface area (Å²) in [5, 5.41) is 0. The number of carbonyl (C=O) groups excluding carboxylic acids is 2. The predicted molar refractivity (Wildman–Crippen MR) is 127 cm³/mol. The van der Waals surface area contributed by atoms with E-state index < -0.39 is 10.0 Å². The highest BCUT2D eigenvalue weighted by atomic mass is 32.2. The number of hydrogen-bond acceptors (Lipinski definition) is 4. The summed E-state index contributed by atoms with van der Waals surface area (Å²) in [6.45, 7) is 5.55. The Bertz CT molecular complexity index is 1160. The summed E-state index contributed by atoms with van der Waals surface area (Å²) in [5.74, 6) is 0.106. The van der Waals surface area contributed by atoms with Crippen LogP contribution < -0.4 is 14.5 Å². The molecule has 1 unspecified atom stereocenters. The minimum atomic E-state index is -3.38. The number of carbonyl (C=O) groups is 2. The molecule has 0 bridgehead atoms. The van der Waals surface area contributed by atoms with Gasteiger partial charge in [-0.15, -0.1) is 0 Å². The van der Waals surface area contributed by atoms with E-state index in [1.54, 1.807) is 36.9 Å². The summed E-state index contributed by atoms with van der Waals surface area (Å²) < 4.78 is 26.5. The molecule has 2 aromatic rings. The highest BCUT2D eigenvalue weighted by molar-refractivity contribution is 7.92. The molecule has 0 spiro atoms. The predicted octanol–water partition coefficient (Wildman–Crippen LogP) is 4.00. The van der Waals surface area contributed by atoms with E-state index >= 15 is 0 Å². The van der Waals surface area contributed by atoms with Crippen molar-refractivity contribution < 1.29 is 18.0 Å². The summed E-state index contributed by atoms with van der Waals surface area (Å²) in [7, 11) is -3.38. The topological polar surface area (TPSA) is 86.8 Å². The van der Waals surface area contributed by atoms with Gasteiger partial charge in [0.25, 0.3) is 0 Å². The van der Waals surface area contributed by atoms with Gasteiger partial charge < -0.3 is 9.80 Å². The van der Waals surface area contributed by atoms with Crippen LogP contribution in [0.25, 0.3) is 11.1 Å². The zero-order valence-electron chi connectivity index (χ0n) is 18.7. The number of rotatable bonds is 5. The molecule has 4 rings (SSSR count). The highest BCUT2D eigenvalue weighted by Crippen LogP contribution is 2.41. The summed E-state index contributed by atoms with van der Waals surface area (Å²) in [5.41, 5.74) is 3.63. The first-order chi connectivity index (χ1) is 15.2. The Labute approximate surface area is 189 Å². The lowest BCUT2D eigenvalue weighted by atomic mass is 9.84. The third kappa shape index (κ3) is 4.24. The minimum Gasteiger partial charge on any atom is -0.308 e. The van der Waals surface area contributed by atoms with Gasteiger partial charge in [0.2, 0.25) is 21.8 Å². The van der Waals surface area contributed by atoms with Gasteiger partial charge in [-0.1, -0.05) is 24.6 Å². The lowest BCUT2D eigenvalue weighted by molar-refractivity contribution is -0.125. The molecule has 7 nitrogen and oxygen atoms in total. The SMILES string of the molecule is CCS(=O)(=O)Nc1cccc(-c2ccc3c(c2)N(C(=O)C2CCC2)CC(C)N3C(C)=O)c1. The van der Waals surface area contributed by atoms with Crippen LogP contribution in [-0.4, -0.2) is 38.6 Å². The van der Waals surface area contributed by atoms with Crippen LogP contribution in [0.1, 0.15) is 40.0 Å². The normalized spacial score (nSPS) is 18.7. The van der Waals surface area contributed by atoms with Gasteiger partial charge in [-0.2, -0.15) is 0 Å². The Morgan fingerprint density at radius 2 is 1.78 bits per heavy atom. The molecule has 2 amide bonds. The van der Waals surface area contributed by atoms with E-state index in [1.807, 2.05) is 36.1 Å². The lowest BCUT2D eigenvalue weighted by Gasteiger charge is -2.43. The Morgan fingerprint density at radius 3 is 2.41 bits per heavy atom. The third-order valence-electron chi connectivity index (χ3n) is 6.32. The maximum Gasteiger partial charge on any atom is 0.232 e. The lowest BCUT2D eigenvalue weighted by Crippen LogP contribution is -2.53. The second-order valence-electron chi connectivity index (χ2n) is 8.60. The Hall–Kier alpha value is -2.87. The first-order valence-corrected chi connectivity index (χ1v) is 12.7. The van der Waals surface area contributed by atoms with Crippen molar-refractivity contribution in [3.8, 4) is 11.1 Å². The van der Waals surface area contributed by atoms with Gasteiger partial charge >= 0.3 is 0 Å². The van der Waals surface area contributed by atoms with Crippen molar-refractivity contribution in [1.29, 1.82) is 0 Å². The molecular weight excluding hydrogens is 426 g/mol. The van der Waals surface area contributed by atoms with Gasteiger partial charge in [0.1, 0.15) is 0 Å². The van der Waals surface area contributed by atoms with Crippen molar-refractivity contribution in [2.75, 3.05) is 26.8 Å². The Balaban J connectivity index is 1.75. The first kappa shape index (κ1) is 22.3. The van der Waals surface area contributed by atoms with E-state index in [0.29, 0.717) is 12.2 Å². The molecule has 1 aliphatic heterocycles. The van der Waals surface area contributed by atoms with Crippen LogP contribution in [0.2, 0.25) is 0 Å². The second-order valence-corrected chi connectivity index (χ2v) is 10.6. The van der Waals surface area contributed by atoms with E-state index in [1.165, 1.54) is 0 Å². The molecule has 2 aliphatic rings. The Kier molecular flexibility index (Phi) is 5.99. The fourth-order valence-corrected chi connectivity index (χ4v) is 5.01. The van der Waals surface area contributed by atoms with E-state index in [4.69, 9.17) is 0 Å². The minimum absolute atomic E-state index is 0.00657. The molecule has 1 saturated carbocycles. The number of sulfonamides is 1. The smallest absolute Gasteiger partial charge is 0.232 e. The standard InChI is InChI=1S/C24H29N3O4S/c1-4-32(30,31)25-21-10-6-9-19(13-21)20-11-12-22-23(14-20)26(24(29)18-7-5-8-18)15-16(2)27(22)17(3)28/h6,9-14,16,18,25H,4-5,7-8,15H2,1-3H3. The fraction of sp³-hybridized carbons (Fsp3) is 0.417. The van der Waals surface area contributed by atoms with Crippen molar-refractivity contribution in [2.24, 2.45) is 5.92 Å². The van der Waals surface area contributed by atoms with E-state index in [-0.39, 0.29) is 29.5 Å². The van der Waals surface area contributed by atoms with Crippen molar-refractivity contribution in [2.45, 2.75) is 46.1 Å². The van der Waals surface area contributed by atoms with Crippen molar-refractivity contribution in [3.63, 3.8) is 0 Å². The number of nitrogens with one attached hydrogen (secondary N) is 1. The zero-order valence-corrected chi connectivity index (χ0v) is 19.5. The maximum atomic E-state index is 13.2. The van der Waals surface area contributed by atoms with E-state index in [2.05, 4.69) is 4.72 Å². The van der Waals surface area contributed by atoms with Crippen molar-refractivity contribution >= 4 is 38.9 Å². The van der Waals surface area contributed by atoms with E-state index in [9.17, 15) is 18.0 Å². The van der Waals surface area contributed by atoms with Crippen molar-refractivity contribution in [3.05, 3.63) is 42.5 Å². The first-order valence-electron chi connectivity index (χ1n) is 11.1. The van der Waals surface area contributed by atoms with Crippen LogP contribution in [0.4, 0.5) is 17.1 Å². The zero-order chi connectivity index (χ0) is 23.0. The summed E-state index contributed by atoms with van der Waals surface area (Å²) in [6, 6.07) is 12.8. The monoisotopic (exact) mass is 455 g/mol. The number of hydrogen-bond donors (Lipinski definition) is 1. The quantitative estimate of drug-likeness (QED) is 0.738. The molecule has 8 heteroatoms. The van der Waals surface area contributed by atoms with Crippen molar-refractivity contribution in [1.82, 2.24) is 0 Å². The van der Waals surface area contributed by atoms with E-state index in [0.717, 1.165) is 41.8 Å². The van der Waals surface area contributed by atoms with Gasteiger partial charge in [-0.25, -0.2) is 8.42 Å². The summed E-state index contributed by atoms with van der Waals surface area (Å²) >= 11 is 0. The molecular formula is C24H29N3O4S. The van der Waals surface area contributed by atoms with Crippen LogP contribution in [0.5, 0.6) is 0 Å². The summed E-state index contributed by atoms with van der Waals surface area (Å²) in [6.07, 6.45) is 2.90. The molecule has 1 atom stereocenters. The molecule has 1 heterocycles. The van der Waals surface area contributed by atoms with Crippen LogP contribution in [0.3, 0.4) is 0 Å².